The number of amides is 1. The van der Waals surface area contributed by atoms with Crippen LogP contribution in [0.25, 0.3) is 0 Å². The standard InChI is InChI=1S/C19H22FN3O2/c1-12-9-17(19(25)22-13(12)2)18(24)21-10-14-7-8-23(11-14)16-5-3-15(20)4-6-16/h3-6,9,14H,7-8,10-11H2,1-2H3,(H,21,24)(H,22,25). The average Bonchev–Trinajstić information content (AvgIpc) is 3.05. The Balaban J connectivity index is 1.58. The summed E-state index contributed by atoms with van der Waals surface area (Å²) < 4.78 is 13.0. The predicted molar refractivity (Wildman–Crippen MR) is 95.6 cm³/mol. The highest BCUT2D eigenvalue weighted by Gasteiger charge is 2.23. The van der Waals surface area contributed by atoms with E-state index in [1.54, 1.807) is 25.1 Å². The number of aromatic amines is 1. The number of H-pyrrole nitrogens is 1. The van der Waals surface area contributed by atoms with E-state index in [1.165, 1.54) is 12.1 Å². The number of nitrogens with one attached hydrogen (secondary N) is 2. The molecule has 1 unspecified atom stereocenters. The molecule has 1 fully saturated rings. The average molecular weight is 343 g/mol. The Bertz CT molecular complexity index is 830. The zero-order valence-corrected chi connectivity index (χ0v) is 14.4. The Morgan fingerprint density at radius 1 is 1.32 bits per heavy atom. The summed E-state index contributed by atoms with van der Waals surface area (Å²) in [5.41, 5.74) is 2.43. The second-order valence-corrected chi connectivity index (χ2v) is 6.61. The molecule has 1 aromatic carbocycles. The number of nitrogens with zero attached hydrogens (tertiary/aromatic N) is 1. The molecule has 0 bridgehead atoms. The van der Waals surface area contributed by atoms with Crippen LogP contribution < -0.4 is 15.8 Å². The van der Waals surface area contributed by atoms with E-state index in [2.05, 4.69) is 15.2 Å². The van der Waals surface area contributed by atoms with Crippen molar-refractivity contribution in [3.8, 4) is 0 Å². The first-order valence-electron chi connectivity index (χ1n) is 8.43. The zero-order valence-electron chi connectivity index (χ0n) is 14.4. The van der Waals surface area contributed by atoms with Crippen LogP contribution in [0.4, 0.5) is 10.1 Å². The number of anilines is 1. The number of pyridine rings is 1. The lowest BCUT2D eigenvalue weighted by atomic mass is 10.1. The zero-order chi connectivity index (χ0) is 18.0. The SMILES string of the molecule is Cc1cc(C(=O)NCC2CCN(c3ccc(F)cc3)C2)c(=O)[nH]c1C. The van der Waals surface area contributed by atoms with Gasteiger partial charge in [0.15, 0.2) is 0 Å². The summed E-state index contributed by atoms with van der Waals surface area (Å²) in [5, 5.41) is 2.86. The monoisotopic (exact) mass is 343 g/mol. The van der Waals surface area contributed by atoms with Crippen molar-refractivity contribution in [2.45, 2.75) is 20.3 Å². The highest BCUT2D eigenvalue weighted by Crippen LogP contribution is 2.23. The molecule has 1 amide bonds. The van der Waals surface area contributed by atoms with Crippen LogP contribution >= 0.6 is 0 Å². The van der Waals surface area contributed by atoms with Crippen LogP contribution in [-0.2, 0) is 0 Å². The first-order valence-corrected chi connectivity index (χ1v) is 8.43. The van der Waals surface area contributed by atoms with Crippen molar-refractivity contribution < 1.29 is 9.18 Å². The van der Waals surface area contributed by atoms with E-state index in [0.29, 0.717) is 12.5 Å². The molecule has 1 aromatic heterocycles. The maximum Gasteiger partial charge on any atom is 0.261 e. The summed E-state index contributed by atoms with van der Waals surface area (Å²) in [6, 6.07) is 8.08. The van der Waals surface area contributed by atoms with E-state index in [9.17, 15) is 14.0 Å². The minimum atomic E-state index is -0.361. The molecule has 1 atom stereocenters. The maximum absolute atomic E-state index is 13.0. The molecule has 25 heavy (non-hydrogen) atoms. The molecule has 2 N–H and O–H groups in total. The van der Waals surface area contributed by atoms with Gasteiger partial charge in [-0.05, 0) is 62.1 Å². The summed E-state index contributed by atoms with van der Waals surface area (Å²) in [5.74, 6) is -0.283. The van der Waals surface area contributed by atoms with Crippen molar-refractivity contribution in [2.75, 3.05) is 24.5 Å². The lowest BCUT2D eigenvalue weighted by Gasteiger charge is -2.18. The Morgan fingerprint density at radius 3 is 2.76 bits per heavy atom. The van der Waals surface area contributed by atoms with Gasteiger partial charge in [0.25, 0.3) is 11.5 Å². The van der Waals surface area contributed by atoms with Crippen molar-refractivity contribution in [2.24, 2.45) is 5.92 Å². The molecule has 6 heteroatoms. The van der Waals surface area contributed by atoms with Crippen molar-refractivity contribution in [3.05, 3.63) is 63.3 Å². The number of aryl methyl sites for hydroxylation is 2. The number of aromatic nitrogens is 1. The van der Waals surface area contributed by atoms with Gasteiger partial charge in [-0.25, -0.2) is 4.39 Å². The van der Waals surface area contributed by atoms with Gasteiger partial charge < -0.3 is 15.2 Å². The Hall–Kier alpha value is -2.63. The minimum absolute atomic E-state index is 0.150. The van der Waals surface area contributed by atoms with Crippen LogP contribution in [0.2, 0.25) is 0 Å². The van der Waals surface area contributed by atoms with Gasteiger partial charge in [-0.15, -0.1) is 0 Å². The van der Waals surface area contributed by atoms with Crippen molar-refractivity contribution >= 4 is 11.6 Å². The van der Waals surface area contributed by atoms with Crippen molar-refractivity contribution in [3.63, 3.8) is 0 Å². The number of hydrogen-bond donors (Lipinski definition) is 2. The molecule has 1 aliphatic heterocycles. The summed E-state index contributed by atoms with van der Waals surface area (Å²) in [7, 11) is 0. The molecule has 132 valence electrons. The van der Waals surface area contributed by atoms with Gasteiger partial charge in [0.1, 0.15) is 11.4 Å². The normalized spacial score (nSPS) is 16.9. The predicted octanol–water partition coefficient (Wildman–Crippen LogP) is 2.39. The van der Waals surface area contributed by atoms with Gasteiger partial charge in [0.2, 0.25) is 0 Å². The molecule has 2 heterocycles. The number of rotatable bonds is 4. The van der Waals surface area contributed by atoms with Gasteiger partial charge in [0, 0.05) is 31.0 Å². The third kappa shape index (κ3) is 3.90. The summed E-state index contributed by atoms with van der Waals surface area (Å²) in [6.45, 7) is 5.86. The second-order valence-electron chi connectivity index (χ2n) is 6.61. The fourth-order valence-corrected chi connectivity index (χ4v) is 3.11. The van der Waals surface area contributed by atoms with E-state index in [1.807, 2.05) is 6.92 Å². The third-order valence-corrected chi connectivity index (χ3v) is 4.77. The fourth-order valence-electron chi connectivity index (χ4n) is 3.11. The largest absolute Gasteiger partial charge is 0.371 e. The lowest BCUT2D eigenvalue weighted by Crippen LogP contribution is -2.34. The molecule has 1 saturated heterocycles. The minimum Gasteiger partial charge on any atom is -0.371 e. The third-order valence-electron chi connectivity index (χ3n) is 4.77. The van der Waals surface area contributed by atoms with Gasteiger partial charge in [0.05, 0.1) is 0 Å². The van der Waals surface area contributed by atoms with Crippen LogP contribution in [0.3, 0.4) is 0 Å². The second kappa shape index (κ2) is 7.09. The number of carbonyl (C=O) groups is 1. The summed E-state index contributed by atoms with van der Waals surface area (Å²) in [4.78, 5) is 29.1. The summed E-state index contributed by atoms with van der Waals surface area (Å²) >= 11 is 0. The van der Waals surface area contributed by atoms with Crippen LogP contribution in [0, 0.1) is 25.6 Å². The van der Waals surface area contributed by atoms with Gasteiger partial charge in [-0.3, -0.25) is 9.59 Å². The van der Waals surface area contributed by atoms with Crippen LogP contribution in [0.15, 0.2) is 35.1 Å². The van der Waals surface area contributed by atoms with Crippen LogP contribution in [0.5, 0.6) is 0 Å². The van der Waals surface area contributed by atoms with E-state index in [-0.39, 0.29) is 22.8 Å². The summed E-state index contributed by atoms with van der Waals surface area (Å²) in [6.07, 6.45) is 0.945. The lowest BCUT2D eigenvalue weighted by molar-refractivity contribution is 0.0946. The van der Waals surface area contributed by atoms with E-state index in [4.69, 9.17) is 0 Å². The maximum atomic E-state index is 13.0. The number of carbonyl (C=O) groups excluding carboxylic acids is 1. The highest BCUT2D eigenvalue weighted by molar-refractivity contribution is 5.94. The molecule has 1 aliphatic rings. The van der Waals surface area contributed by atoms with E-state index >= 15 is 0 Å². The first-order chi connectivity index (χ1) is 11.9. The first kappa shape index (κ1) is 17.2. The Kier molecular flexibility index (Phi) is 4.88. The molecule has 0 saturated carbocycles. The van der Waals surface area contributed by atoms with Gasteiger partial charge in [-0.2, -0.15) is 0 Å². The molecule has 0 radical (unpaired) electrons. The molecule has 3 rings (SSSR count). The molecule has 2 aromatic rings. The number of benzene rings is 1. The molecular formula is C19H22FN3O2. The van der Waals surface area contributed by atoms with Crippen LogP contribution in [-0.4, -0.2) is 30.5 Å². The van der Waals surface area contributed by atoms with E-state index in [0.717, 1.165) is 36.5 Å². The molecule has 5 nitrogen and oxygen atoms in total. The highest BCUT2D eigenvalue weighted by atomic mass is 19.1. The van der Waals surface area contributed by atoms with Crippen LogP contribution in [0.1, 0.15) is 28.0 Å². The molecule has 0 aliphatic carbocycles. The quantitative estimate of drug-likeness (QED) is 0.896. The Labute approximate surface area is 145 Å². The van der Waals surface area contributed by atoms with Gasteiger partial charge in [-0.1, -0.05) is 0 Å². The Morgan fingerprint density at radius 2 is 2.04 bits per heavy atom. The fraction of sp³-hybridized carbons (Fsp3) is 0.368. The number of halogens is 1. The number of hydrogen-bond acceptors (Lipinski definition) is 3. The smallest absolute Gasteiger partial charge is 0.261 e. The van der Waals surface area contributed by atoms with Gasteiger partial charge >= 0.3 is 0 Å². The van der Waals surface area contributed by atoms with E-state index < -0.39 is 0 Å². The van der Waals surface area contributed by atoms with Crippen molar-refractivity contribution in [1.82, 2.24) is 10.3 Å². The molecule has 0 spiro atoms. The van der Waals surface area contributed by atoms with Crippen molar-refractivity contribution in [1.29, 1.82) is 0 Å². The topological polar surface area (TPSA) is 65.2 Å². The molecular weight excluding hydrogens is 321 g/mol.